The first-order chi connectivity index (χ1) is 24.5. The van der Waals surface area contributed by atoms with Crippen molar-refractivity contribution >= 4 is 41.1 Å². The van der Waals surface area contributed by atoms with Crippen molar-refractivity contribution in [2.75, 3.05) is 96.3 Å². The van der Waals surface area contributed by atoms with Crippen LogP contribution in [0.25, 0.3) is 0 Å². The smallest absolute Gasteiger partial charge is 0.415 e. The number of aromatic nitrogens is 2. The molecule has 0 spiro atoms. The molecule has 262 valence electrons. The number of nitrogens with two attached hydrogens (primary N) is 1. The molecule has 7 rings (SSSR count). The number of benzene rings is 2. The van der Waals surface area contributed by atoms with E-state index in [0.717, 1.165) is 63.5 Å². The number of amides is 2. The average molecular weight is 684 g/mol. The number of hydrogen-bond acceptors (Lipinski definition) is 14. The van der Waals surface area contributed by atoms with Crippen LogP contribution in [0.1, 0.15) is 22.3 Å². The first kappa shape index (κ1) is 33.0. The Morgan fingerprint density at radius 3 is 2.46 bits per heavy atom. The summed E-state index contributed by atoms with van der Waals surface area (Å²) in [4.78, 5) is 51.3. The largest absolute Gasteiger partial charge is 0.491 e. The van der Waals surface area contributed by atoms with E-state index < -0.39 is 5.91 Å². The lowest BCUT2D eigenvalue weighted by Gasteiger charge is -2.34. The molecule has 2 saturated heterocycles. The van der Waals surface area contributed by atoms with E-state index in [1.165, 1.54) is 12.4 Å². The summed E-state index contributed by atoms with van der Waals surface area (Å²) < 4.78 is 17.6. The van der Waals surface area contributed by atoms with Gasteiger partial charge >= 0.3 is 6.09 Å². The molecule has 3 aromatic rings. The van der Waals surface area contributed by atoms with Crippen LogP contribution in [-0.4, -0.2) is 134 Å². The molecule has 50 heavy (non-hydrogen) atoms. The topological polar surface area (TPSA) is 175 Å². The van der Waals surface area contributed by atoms with Crippen LogP contribution in [0.15, 0.2) is 58.8 Å². The summed E-state index contributed by atoms with van der Waals surface area (Å²) in [5.74, 6) is 2.27. The van der Waals surface area contributed by atoms with Crippen molar-refractivity contribution in [2.24, 2.45) is 9.98 Å². The van der Waals surface area contributed by atoms with Crippen molar-refractivity contribution in [1.29, 1.82) is 0 Å². The number of carbonyl (C=O) groups excluding carboxylic acids is 2. The molecule has 2 amide bonds. The predicted octanol–water partition coefficient (Wildman–Crippen LogP) is 1.56. The maximum Gasteiger partial charge on any atom is 0.415 e. The fourth-order valence-corrected chi connectivity index (χ4v) is 6.37. The Hall–Kier alpha value is -5.48. The molecule has 0 saturated carbocycles. The van der Waals surface area contributed by atoms with Gasteiger partial charge in [0.25, 0.3) is 5.91 Å². The molecule has 1 aromatic heterocycles. The van der Waals surface area contributed by atoms with Crippen molar-refractivity contribution < 1.29 is 23.8 Å². The number of piperazine rings is 2. The van der Waals surface area contributed by atoms with Gasteiger partial charge in [-0.3, -0.25) is 24.9 Å². The molecular weight excluding hydrogens is 642 g/mol. The number of rotatable bonds is 9. The monoisotopic (exact) mass is 683 g/mol. The minimum atomic E-state index is -0.418. The zero-order chi connectivity index (χ0) is 34.5. The molecule has 4 N–H and O–H groups in total. The number of nitrogens with zero attached hydrogens (tertiary/aromatic N) is 8. The third-order valence-electron chi connectivity index (χ3n) is 9.04. The minimum Gasteiger partial charge on any atom is -0.491 e. The Balaban J connectivity index is 0.901. The summed E-state index contributed by atoms with van der Waals surface area (Å²) in [6, 6.07) is 11.5. The molecule has 4 aliphatic heterocycles. The average Bonchev–Trinajstić information content (AvgIpc) is 3.65. The highest BCUT2D eigenvalue weighted by Crippen LogP contribution is 2.43. The van der Waals surface area contributed by atoms with Gasteiger partial charge in [0.2, 0.25) is 11.9 Å². The molecule has 5 heterocycles. The number of aliphatic imine (C=N–C) groups is 2. The highest BCUT2D eigenvalue weighted by atomic mass is 16.6. The molecule has 0 aliphatic carbocycles. The molecule has 0 atom stereocenters. The van der Waals surface area contributed by atoms with Crippen LogP contribution < -0.4 is 35.5 Å². The second kappa shape index (κ2) is 15.0. The van der Waals surface area contributed by atoms with E-state index in [2.05, 4.69) is 35.4 Å². The maximum absolute atomic E-state index is 13.0. The van der Waals surface area contributed by atoms with Gasteiger partial charge in [0, 0.05) is 89.1 Å². The predicted molar refractivity (Wildman–Crippen MR) is 188 cm³/mol. The zero-order valence-electron chi connectivity index (χ0n) is 28.0. The maximum atomic E-state index is 13.0. The lowest BCUT2D eigenvalue weighted by Crippen LogP contribution is -2.49. The van der Waals surface area contributed by atoms with Gasteiger partial charge in [0.15, 0.2) is 11.5 Å². The first-order valence-electron chi connectivity index (χ1n) is 16.9. The number of amidine groups is 1. The van der Waals surface area contributed by atoms with Gasteiger partial charge in [-0.1, -0.05) is 0 Å². The van der Waals surface area contributed by atoms with Gasteiger partial charge in [-0.2, -0.15) is 0 Å². The lowest BCUT2D eigenvalue weighted by atomic mass is 10.1. The summed E-state index contributed by atoms with van der Waals surface area (Å²) in [6.45, 7) is 9.00. The highest BCUT2D eigenvalue weighted by molar-refractivity contribution is 6.20. The Labute approximate surface area is 289 Å². The van der Waals surface area contributed by atoms with Crippen molar-refractivity contribution in [3.63, 3.8) is 0 Å². The summed E-state index contributed by atoms with van der Waals surface area (Å²) >= 11 is 0. The fraction of sp³-hybridized carbons (Fsp3) is 0.412. The van der Waals surface area contributed by atoms with Crippen molar-refractivity contribution in [1.82, 2.24) is 35.3 Å². The van der Waals surface area contributed by atoms with E-state index >= 15 is 0 Å². The molecule has 2 fully saturated rings. The summed E-state index contributed by atoms with van der Waals surface area (Å²) in [5.41, 5.74) is 8.29. The molecule has 16 heteroatoms. The molecule has 4 aliphatic rings. The van der Waals surface area contributed by atoms with Gasteiger partial charge in [0.1, 0.15) is 17.3 Å². The Morgan fingerprint density at radius 2 is 1.72 bits per heavy atom. The van der Waals surface area contributed by atoms with Crippen molar-refractivity contribution in [3.05, 3.63) is 59.9 Å². The number of carbonyl (C=O) groups is 2. The number of nitrogen functional groups attached to an aromatic ring is 1. The standard InChI is InChI=1S/C34H41N11O5/c1-48-29-27(8-7-26-28(29)40-33(45-15-11-37-30(26)45)41-31(46)23-21-38-32(35)39-22-23)49-20-2-12-42-16-18-44(19-17-42)34(47)50-25-5-3-24(4-6-25)43-13-9-36-10-14-43/h3-8,21-22,36H,2,9-20H2,1H3,(H2,35,38,39)(H,40,41,46). The second-order valence-corrected chi connectivity index (χ2v) is 12.2. The SMILES string of the molecule is COc1c(OCCCN2CCN(C(=O)Oc3ccc(N4CCNCC4)cc3)CC2)ccc2c1N=C(NC(=O)c1cnc(N)nc1)N1CCN=C21. The third-order valence-corrected chi connectivity index (χ3v) is 9.04. The lowest BCUT2D eigenvalue weighted by molar-refractivity contribution is 0.0973. The summed E-state index contributed by atoms with van der Waals surface area (Å²) in [5, 5.41) is 6.22. The van der Waals surface area contributed by atoms with Crippen molar-refractivity contribution in [2.45, 2.75) is 6.42 Å². The van der Waals surface area contributed by atoms with Crippen LogP contribution in [0.2, 0.25) is 0 Å². The molecule has 0 radical (unpaired) electrons. The Morgan fingerprint density at radius 1 is 0.960 bits per heavy atom. The van der Waals surface area contributed by atoms with Crippen LogP contribution in [0.5, 0.6) is 17.2 Å². The number of fused-ring (bicyclic) bond motifs is 3. The van der Waals surface area contributed by atoms with Gasteiger partial charge in [0.05, 0.1) is 25.8 Å². The molecule has 0 bridgehead atoms. The van der Waals surface area contributed by atoms with Crippen LogP contribution in [0.3, 0.4) is 0 Å². The van der Waals surface area contributed by atoms with Crippen LogP contribution in [-0.2, 0) is 0 Å². The molecule has 16 nitrogen and oxygen atoms in total. The normalized spacial score (nSPS) is 17.3. The number of methoxy groups -OCH3 is 1. The van der Waals surface area contributed by atoms with Crippen LogP contribution >= 0.6 is 0 Å². The number of anilines is 2. The van der Waals surface area contributed by atoms with Gasteiger partial charge in [-0.05, 0) is 42.8 Å². The van der Waals surface area contributed by atoms with E-state index in [4.69, 9.17) is 24.9 Å². The number of guanidine groups is 1. The van der Waals surface area contributed by atoms with E-state index in [1.54, 1.807) is 12.0 Å². The Bertz CT molecular complexity index is 1750. The van der Waals surface area contributed by atoms with Crippen LogP contribution in [0, 0.1) is 0 Å². The van der Waals surface area contributed by atoms with E-state index in [9.17, 15) is 9.59 Å². The first-order valence-corrected chi connectivity index (χ1v) is 16.9. The summed E-state index contributed by atoms with van der Waals surface area (Å²) in [7, 11) is 1.57. The van der Waals surface area contributed by atoms with E-state index in [-0.39, 0.29) is 17.6 Å². The van der Waals surface area contributed by atoms with Crippen LogP contribution in [0.4, 0.5) is 22.1 Å². The number of nitrogens with one attached hydrogen (secondary N) is 2. The van der Waals surface area contributed by atoms with Gasteiger partial charge in [-0.15, -0.1) is 0 Å². The molecular formula is C34H41N11O5. The van der Waals surface area contributed by atoms with Crippen molar-refractivity contribution in [3.8, 4) is 17.2 Å². The van der Waals surface area contributed by atoms with E-state index in [1.807, 2.05) is 41.3 Å². The molecule has 2 aromatic carbocycles. The third kappa shape index (κ3) is 7.25. The molecule has 0 unspecified atom stereocenters. The number of hydrogen-bond donors (Lipinski definition) is 3. The van der Waals surface area contributed by atoms with Gasteiger partial charge in [-0.25, -0.2) is 19.8 Å². The minimum absolute atomic E-state index is 0.0836. The quantitative estimate of drug-likeness (QED) is 0.278. The Kier molecular flexibility index (Phi) is 9.89. The van der Waals surface area contributed by atoms with Gasteiger partial charge < -0.3 is 35.1 Å². The number of ether oxygens (including phenoxy) is 3. The fourth-order valence-electron chi connectivity index (χ4n) is 6.37. The van der Waals surface area contributed by atoms with E-state index in [0.29, 0.717) is 67.5 Å². The summed E-state index contributed by atoms with van der Waals surface area (Å²) in [6.07, 6.45) is 3.19. The second-order valence-electron chi connectivity index (χ2n) is 12.2. The highest BCUT2D eigenvalue weighted by Gasteiger charge is 2.33. The zero-order valence-corrected chi connectivity index (χ0v) is 28.0.